The molecule has 1 aliphatic carbocycles. The van der Waals surface area contributed by atoms with Gasteiger partial charge in [0, 0.05) is 16.7 Å². The highest BCUT2D eigenvalue weighted by atomic mass is 32.2. The van der Waals surface area contributed by atoms with Crippen molar-refractivity contribution < 1.29 is 0 Å². The van der Waals surface area contributed by atoms with Crippen molar-refractivity contribution in [2.45, 2.75) is 11.3 Å². The molecule has 0 spiro atoms. The first-order chi connectivity index (χ1) is 6.95. The summed E-state index contributed by atoms with van der Waals surface area (Å²) in [6.45, 7) is 0. The fourth-order valence-electron chi connectivity index (χ4n) is 1.37. The minimum absolute atomic E-state index is 0.679. The zero-order valence-electron chi connectivity index (χ0n) is 7.94. The van der Waals surface area contributed by atoms with Gasteiger partial charge in [-0.2, -0.15) is 0 Å². The number of allylic oxidation sites excluding steroid dienone is 4. The van der Waals surface area contributed by atoms with Crippen LogP contribution in [0.4, 0.5) is 0 Å². The lowest BCUT2D eigenvalue weighted by atomic mass is 10.0. The summed E-state index contributed by atoms with van der Waals surface area (Å²) in [5.74, 6) is 1.81. The third kappa shape index (κ3) is 2.78. The van der Waals surface area contributed by atoms with Crippen LogP contribution in [0.2, 0.25) is 0 Å². The van der Waals surface area contributed by atoms with Crippen LogP contribution in [0.5, 0.6) is 0 Å². The molecule has 1 atom stereocenters. The second kappa shape index (κ2) is 5.06. The van der Waals surface area contributed by atoms with Gasteiger partial charge in [0.05, 0.1) is 0 Å². The number of thioether (sulfide) groups is 1. The van der Waals surface area contributed by atoms with Crippen LogP contribution in [-0.2, 0) is 0 Å². The number of benzene rings is 1. The molecule has 0 saturated carbocycles. The van der Waals surface area contributed by atoms with Crippen LogP contribution in [0, 0.1) is 18.1 Å². The summed E-state index contributed by atoms with van der Waals surface area (Å²) in [5, 5.41) is 0. The Hall–Kier alpha value is -0.950. The molecule has 1 aliphatic rings. The fourth-order valence-corrected chi connectivity index (χ4v) is 2.32. The van der Waals surface area contributed by atoms with Crippen LogP contribution in [0.1, 0.15) is 6.42 Å². The van der Waals surface area contributed by atoms with Crippen molar-refractivity contribution in [3.63, 3.8) is 0 Å². The van der Waals surface area contributed by atoms with E-state index in [0.29, 0.717) is 5.92 Å². The zero-order valence-corrected chi connectivity index (χ0v) is 8.76. The van der Waals surface area contributed by atoms with E-state index >= 15 is 0 Å². The highest BCUT2D eigenvalue weighted by molar-refractivity contribution is 7.99. The Bertz CT molecular complexity index is 324. The van der Waals surface area contributed by atoms with Crippen LogP contribution < -0.4 is 0 Å². The van der Waals surface area contributed by atoms with Crippen molar-refractivity contribution in [1.82, 2.24) is 0 Å². The van der Waals surface area contributed by atoms with E-state index in [-0.39, 0.29) is 0 Å². The number of hydrogen-bond donors (Lipinski definition) is 0. The minimum atomic E-state index is 0.679. The number of hydrogen-bond acceptors (Lipinski definition) is 1. The first-order valence-electron chi connectivity index (χ1n) is 4.79. The fraction of sp³-hybridized carbons (Fsp3) is 0.231. The van der Waals surface area contributed by atoms with Gasteiger partial charge in [-0.25, -0.2) is 0 Å². The topological polar surface area (TPSA) is 0 Å². The van der Waals surface area contributed by atoms with E-state index in [1.165, 1.54) is 11.3 Å². The van der Waals surface area contributed by atoms with E-state index in [4.69, 9.17) is 0 Å². The molecule has 0 bridgehead atoms. The van der Waals surface area contributed by atoms with E-state index < -0.39 is 0 Å². The molecule has 1 unspecified atom stereocenters. The molecule has 0 fully saturated rings. The second-order valence-corrected chi connectivity index (χ2v) is 4.34. The summed E-state index contributed by atoms with van der Waals surface area (Å²) in [6.07, 6.45) is 9.92. The van der Waals surface area contributed by atoms with Gasteiger partial charge < -0.3 is 0 Å². The molecule has 14 heavy (non-hydrogen) atoms. The Kier molecular flexibility index (Phi) is 3.47. The highest BCUT2D eigenvalue weighted by Crippen LogP contribution is 2.23. The molecule has 0 amide bonds. The van der Waals surface area contributed by atoms with Gasteiger partial charge in [-0.15, -0.1) is 11.8 Å². The quantitative estimate of drug-likeness (QED) is 0.673. The van der Waals surface area contributed by atoms with E-state index in [2.05, 4.69) is 42.5 Å². The Labute approximate surface area is 89.7 Å². The van der Waals surface area contributed by atoms with E-state index in [0.717, 1.165) is 5.75 Å². The SMILES string of the molecule is [c]1[c]c(SCC2C=CC=CC2)ccc1. The van der Waals surface area contributed by atoms with Gasteiger partial charge in [-0.05, 0) is 24.5 Å². The van der Waals surface area contributed by atoms with Crippen LogP contribution >= 0.6 is 11.8 Å². The van der Waals surface area contributed by atoms with Crippen molar-refractivity contribution in [3.05, 3.63) is 54.6 Å². The second-order valence-electron chi connectivity index (χ2n) is 3.28. The number of rotatable bonds is 3. The molecule has 0 aromatic heterocycles. The van der Waals surface area contributed by atoms with Crippen molar-refractivity contribution in [2.24, 2.45) is 5.92 Å². The Morgan fingerprint density at radius 1 is 1.43 bits per heavy atom. The molecule has 2 rings (SSSR count). The lowest BCUT2D eigenvalue weighted by Gasteiger charge is -2.11. The standard InChI is InChI=1S/C13H12S/c1-3-7-12(8-4-1)11-14-13-9-5-2-6-10-13/h1-5,7,9,12H,8,11H2. The maximum Gasteiger partial charge on any atom is 0.0158 e. The minimum Gasteiger partial charge on any atom is -0.125 e. The third-order valence-corrected chi connectivity index (χ3v) is 3.29. The Morgan fingerprint density at radius 3 is 3.14 bits per heavy atom. The normalized spacial score (nSPS) is 19.9. The molecule has 2 radical (unpaired) electrons. The molecule has 0 nitrogen and oxygen atoms in total. The molecule has 0 saturated heterocycles. The molecule has 1 aromatic carbocycles. The van der Waals surface area contributed by atoms with Gasteiger partial charge in [0.15, 0.2) is 0 Å². The van der Waals surface area contributed by atoms with Crippen LogP contribution in [0.25, 0.3) is 0 Å². The van der Waals surface area contributed by atoms with Gasteiger partial charge in [0.25, 0.3) is 0 Å². The molecule has 1 heteroatoms. The highest BCUT2D eigenvalue weighted by Gasteiger charge is 2.05. The van der Waals surface area contributed by atoms with Gasteiger partial charge >= 0.3 is 0 Å². The van der Waals surface area contributed by atoms with Crippen molar-refractivity contribution in [3.8, 4) is 0 Å². The average Bonchev–Trinajstić information content (AvgIpc) is 2.29. The summed E-state index contributed by atoms with van der Waals surface area (Å²) in [4.78, 5) is 1.19. The largest absolute Gasteiger partial charge is 0.125 e. The summed E-state index contributed by atoms with van der Waals surface area (Å²) < 4.78 is 0. The summed E-state index contributed by atoms with van der Waals surface area (Å²) >= 11 is 1.85. The maximum atomic E-state index is 3.10. The van der Waals surface area contributed by atoms with Gasteiger partial charge in [-0.1, -0.05) is 36.4 Å². The molecule has 0 N–H and O–H groups in total. The predicted molar refractivity (Wildman–Crippen MR) is 61.2 cm³/mol. The molecular weight excluding hydrogens is 188 g/mol. The first kappa shape index (κ1) is 9.60. The monoisotopic (exact) mass is 200 g/mol. The van der Waals surface area contributed by atoms with Crippen LogP contribution in [-0.4, -0.2) is 5.75 Å². The molecular formula is C13H12S. The molecule has 1 aromatic rings. The predicted octanol–water partition coefficient (Wildman–Crippen LogP) is 3.51. The van der Waals surface area contributed by atoms with Crippen molar-refractivity contribution in [1.29, 1.82) is 0 Å². The molecule has 0 aliphatic heterocycles. The Balaban J connectivity index is 1.83. The summed E-state index contributed by atoms with van der Waals surface area (Å²) in [6, 6.07) is 12.1. The first-order valence-corrected chi connectivity index (χ1v) is 5.78. The van der Waals surface area contributed by atoms with Gasteiger partial charge in [0.1, 0.15) is 0 Å². The van der Waals surface area contributed by atoms with E-state index in [9.17, 15) is 0 Å². The summed E-state index contributed by atoms with van der Waals surface area (Å²) in [5.41, 5.74) is 0. The van der Waals surface area contributed by atoms with Crippen molar-refractivity contribution in [2.75, 3.05) is 5.75 Å². The lowest BCUT2D eigenvalue weighted by molar-refractivity contribution is 0.749. The smallest absolute Gasteiger partial charge is 0.0158 e. The lowest BCUT2D eigenvalue weighted by Crippen LogP contribution is -2.00. The van der Waals surface area contributed by atoms with Crippen LogP contribution in [0.3, 0.4) is 0 Å². The van der Waals surface area contributed by atoms with Crippen molar-refractivity contribution >= 4 is 11.8 Å². The van der Waals surface area contributed by atoms with Gasteiger partial charge in [-0.3, -0.25) is 0 Å². The zero-order chi connectivity index (χ0) is 9.64. The van der Waals surface area contributed by atoms with E-state index in [1.54, 1.807) is 0 Å². The third-order valence-electron chi connectivity index (χ3n) is 2.14. The van der Waals surface area contributed by atoms with Crippen LogP contribution in [0.15, 0.2) is 47.4 Å². The molecule has 70 valence electrons. The molecule has 0 heterocycles. The summed E-state index contributed by atoms with van der Waals surface area (Å²) in [7, 11) is 0. The average molecular weight is 200 g/mol. The van der Waals surface area contributed by atoms with Gasteiger partial charge in [0.2, 0.25) is 0 Å². The Morgan fingerprint density at radius 2 is 2.43 bits per heavy atom. The van der Waals surface area contributed by atoms with E-state index in [1.807, 2.05) is 23.9 Å². The maximum absolute atomic E-state index is 3.10.